The van der Waals surface area contributed by atoms with Crippen molar-refractivity contribution in [2.24, 2.45) is 0 Å². The van der Waals surface area contributed by atoms with E-state index in [9.17, 15) is 14.0 Å². The lowest BCUT2D eigenvalue weighted by Crippen LogP contribution is -2.49. The highest BCUT2D eigenvalue weighted by Gasteiger charge is 2.18. The molecule has 0 bridgehead atoms. The molecule has 0 saturated carbocycles. The largest absolute Gasteiger partial charge is 0.369 e. The molecule has 3 rings (SSSR count). The van der Waals surface area contributed by atoms with E-state index in [1.807, 2.05) is 18.2 Å². The van der Waals surface area contributed by atoms with Crippen molar-refractivity contribution >= 4 is 23.2 Å². The Kier molecular flexibility index (Phi) is 6.38. The van der Waals surface area contributed by atoms with Gasteiger partial charge in [-0.3, -0.25) is 14.5 Å². The van der Waals surface area contributed by atoms with Gasteiger partial charge in [-0.15, -0.1) is 0 Å². The van der Waals surface area contributed by atoms with Crippen LogP contribution in [0.2, 0.25) is 0 Å². The molecule has 1 aliphatic heterocycles. The van der Waals surface area contributed by atoms with Gasteiger partial charge in [-0.05, 0) is 30.3 Å². The lowest BCUT2D eigenvalue weighted by atomic mass is 10.2. The zero-order chi connectivity index (χ0) is 19.1. The molecule has 2 amide bonds. The van der Waals surface area contributed by atoms with Gasteiger partial charge in [0.05, 0.1) is 0 Å². The Balaban J connectivity index is 1.36. The summed E-state index contributed by atoms with van der Waals surface area (Å²) in [5.74, 6) is -1.99. The molecule has 2 aromatic rings. The second-order valence-corrected chi connectivity index (χ2v) is 6.38. The molecular formula is C20H23FN4O2. The van der Waals surface area contributed by atoms with Crippen LogP contribution < -0.4 is 15.5 Å². The first-order valence-corrected chi connectivity index (χ1v) is 8.99. The lowest BCUT2D eigenvalue weighted by Gasteiger charge is -2.36. The summed E-state index contributed by atoms with van der Waals surface area (Å²) in [7, 11) is 0. The third-order valence-electron chi connectivity index (χ3n) is 4.50. The summed E-state index contributed by atoms with van der Waals surface area (Å²) in [4.78, 5) is 28.3. The molecule has 27 heavy (non-hydrogen) atoms. The number of halogens is 1. The van der Waals surface area contributed by atoms with Gasteiger partial charge < -0.3 is 15.5 Å². The Morgan fingerprint density at radius 2 is 1.67 bits per heavy atom. The highest BCUT2D eigenvalue weighted by Crippen LogP contribution is 2.15. The molecule has 0 aliphatic carbocycles. The number of rotatable bonds is 5. The van der Waals surface area contributed by atoms with Crippen molar-refractivity contribution in [3.63, 3.8) is 0 Å². The molecule has 0 unspecified atom stereocenters. The summed E-state index contributed by atoms with van der Waals surface area (Å²) in [5.41, 5.74) is 1.48. The lowest BCUT2D eigenvalue weighted by molar-refractivity contribution is -0.136. The van der Waals surface area contributed by atoms with Crippen LogP contribution in [0.5, 0.6) is 0 Å². The van der Waals surface area contributed by atoms with Crippen molar-refractivity contribution in [3.8, 4) is 0 Å². The molecule has 1 aliphatic rings. The molecule has 0 atom stereocenters. The third kappa shape index (κ3) is 5.52. The van der Waals surface area contributed by atoms with Gasteiger partial charge in [0.15, 0.2) is 0 Å². The minimum atomic E-state index is -0.797. The quantitative estimate of drug-likeness (QED) is 0.787. The predicted molar refractivity (Wildman–Crippen MR) is 103 cm³/mol. The minimum Gasteiger partial charge on any atom is -0.369 e. The molecule has 2 N–H and O–H groups in total. The highest BCUT2D eigenvalue weighted by atomic mass is 19.1. The molecule has 1 fully saturated rings. The summed E-state index contributed by atoms with van der Waals surface area (Å²) >= 11 is 0. The number of anilines is 2. The number of benzene rings is 2. The molecular weight excluding hydrogens is 347 g/mol. The molecule has 0 spiro atoms. The zero-order valence-electron chi connectivity index (χ0n) is 15.0. The van der Waals surface area contributed by atoms with Crippen LogP contribution in [-0.4, -0.2) is 56.0 Å². The van der Waals surface area contributed by atoms with E-state index in [1.54, 1.807) is 0 Å². The minimum absolute atomic E-state index is 0.257. The number of hydrogen-bond donors (Lipinski definition) is 2. The van der Waals surface area contributed by atoms with Gasteiger partial charge in [-0.25, -0.2) is 4.39 Å². The van der Waals surface area contributed by atoms with E-state index in [4.69, 9.17) is 0 Å². The van der Waals surface area contributed by atoms with Gasteiger partial charge in [-0.2, -0.15) is 0 Å². The second kappa shape index (κ2) is 9.14. The van der Waals surface area contributed by atoms with Crippen molar-refractivity contribution in [2.45, 2.75) is 0 Å². The first-order chi connectivity index (χ1) is 13.1. The molecule has 2 aromatic carbocycles. The van der Waals surface area contributed by atoms with Crippen molar-refractivity contribution in [3.05, 3.63) is 60.4 Å². The third-order valence-corrected chi connectivity index (χ3v) is 4.50. The fourth-order valence-electron chi connectivity index (χ4n) is 3.03. The smallest absolute Gasteiger partial charge is 0.313 e. The maximum atomic E-state index is 13.1. The van der Waals surface area contributed by atoms with Crippen molar-refractivity contribution < 1.29 is 14.0 Å². The van der Waals surface area contributed by atoms with Gasteiger partial charge in [0, 0.05) is 50.6 Å². The van der Waals surface area contributed by atoms with Gasteiger partial charge >= 0.3 is 11.8 Å². The summed E-state index contributed by atoms with van der Waals surface area (Å²) in [5, 5.41) is 4.99. The Bertz CT molecular complexity index is 777. The Labute approximate surface area is 158 Å². The van der Waals surface area contributed by atoms with E-state index >= 15 is 0 Å². The van der Waals surface area contributed by atoms with Gasteiger partial charge in [0.25, 0.3) is 0 Å². The van der Waals surface area contributed by atoms with E-state index < -0.39 is 17.6 Å². The van der Waals surface area contributed by atoms with Gasteiger partial charge in [0.2, 0.25) is 0 Å². The van der Waals surface area contributed by atoms with E-state index in [2.05, 4.69) is 32.6 Å². The number of piperazine rings is 1. The number of nitrogens with one attached hydrogen (secondary N) is 2. The standard InChI is InChI=1S/C20H23FN4O2/c21-16-5-4-6-17(15-16)23-20(27)19(26)22-9-10-24-11-13-25(14-12-24)18-7-2-1-3-8-18/h1-8,15H,9-14H2,(H,22,26)(H,23,27). The normalized spacial score (nSPS) is 14.6. The van der Waals surface area contributed by atoms with Crippen LogP contribution in [0.15, 0.2) is 54.6 Å². The van der Waals surface area contributed by atoms with Gasteiger partial charge in [-0.1, -0.05) is 24.3 Å². The van der Waals surface area contributed by atoms with Crippen LogP contribution in [0, 0.1) is 5.82 Å². The number of amides is 2. The monoisotopic (exact) mass is 370 g/mol. The van der Waals surface area contributed by atoms with E-state index in [0.29, 0.717) is 13.1 Å². The molecule has 142 valence electrons. The van der Waals surface area contributed by atoms with E-state index in [0.717, 1.165) is 32.2 Å². The predicted octanol–water partition coefficient (Wildman–Crippen LogP) is 1.70. The fraction of sp³-hybridized carbons (Fsp3) is 0.300. The number of carbonyl (C=O) groups is 2. The first-order valence-electron chi connectivity index (χ1n) is 8.99. The highest BCUT2D eigenvalue weighted by molar-refractivity contribution is 6.39. The van der Waals surface area contributed by atoms with Crippen LogP contribution in [0.25, 0.3) is 0 Å². The van der Waals surface area contributed by atoms with E-state index in [1.165, 1.54) is 23.9 Å². The summed E-state index contributed by atoms with van der Waals surface area (Å²) in [6.07, 6.45) is 0. The average Bonchev–Trinajstić information content (AvgIpc) is 2.69. The molecule has 0 aromatic heterocycles. The number of para-hydroxylation sites is 1. The molecule has 6 nitrogen and oxygen atoms in total. The van der Waals surface area contributed by atoms with Crippen LogP contribution in [-0.2, 0) is 9.59 Å². The van der Waals surface area contributed by atoms with Crippen LogP contribution in [0.4, 0.5) is 15.8 Å². The number of carbonyl (C=O) groups excluding carboxylic acids is 2. The van der Waals surface area contributed by atoms with Crippen molar-refractivity contribution in [1.82, 2.24) is 10.2 Å². The molecule has 0 radical (unpaired) electrons. The summed E-state index contributed by atoms with van der Waals surface area (Å²) in [6, 6.07) is 15.7. The van der Waals surface area contributed by atoms with Crippen LogP contribution in [0.3, 0.4) is 0 Å². The summed E-state index contributed by atoms with van der Waals surface area (Å²) < 4.78 is 13.1. The first kappa shape index (κ1) is 18.8. The zero-order valence-corrected chi connectivity index (χ0v) is 15.0. The average molecular weight is 370 g/mol. The Morgan fingerprint density at radius 3 is 2.37 bits per heavy atom. The number of hydrogen-bond acceptors (Lipinski definition) is 4. The van der Waals surface area contributed by atoms with Crippen molar-refractivity contribution in [1.29, 1.82) is 0 Å². The number of nitrogens with zero attached hydrogens (tertiary/aromatic N) is 2. The maximum Gasteiger partial charge on any atom is 0.313 e. The fourth-order valence-corrected chi connectivity index (χ4v) is 3.03. The van der Waals surface area contributed by atoms with E-state index in [-0.39, 0.29) is 5.69 Å². The van der Waals surface area contributed by atoms with Gasteiger partial charge in [0.1, 0.15) is 5.82 Å². The summed E-state index contributed by atoms with van der Waals surface area (Å²) in [6.45, 7) is 4.74. The molecule has 1 saturated heterocycles. The molecule has 1 heterocycles. The van der Waals surface area contributed by atoms with Crippen LogP contribution >= 0.6 is 0 Å². The Morgan fingerprint density at radius 1 is 0.926 bits per heavy atom. The SMILES string of the molecule is O=C(NCCN1CCN(c2ccccc2)CC1)C(=O)Nc1cccc(F)c1. The van der Waals surface area contributed by atoms with Crippen molar-refractivity contribution in [2.75, 3.05) is 49.5 Å². The Hall–Kier alpha value is -2.93. The second-order valence-electron chi connectivity index (χ2n) is 6.38. The van der Waals surface area contributed by atoms with Crippen LogP contribution in [0.1, 0.15) is 0 Å². The maximum absolute atomic E-state index is 13.1. The molecule has 7 heteroatoms. The topological polar surface area (TPSA) is 64.7 Å².